The van der Waals surface area contributed by atoms with Crippen molar-refractivity contribution in [2.45, 2.75) is 25.7 Å². The van der Waals surface area contributed by atoms with Gasteiger partial charge in [-0.15, -0.1) is 0 Å². The number of rotatable bonds is 5. The first-order valence-electron chi connectivity index (χ1n) is 6.04. The zero-order chi connectivity index (χ0) is 12.1. The molecule has 1 aromatic carbocycles. The molecule has 0 aromatic heterocycles. The molecule has 2 rings (SSSR count). The van der Waals surface area contributed by atoms with E-state index in [-0.39, 0.29) is 12.4 Å². The molecule has 0 aliphatic carbocycles. The number of hydrogen-bond acceptors (Lipinski definition) is 4. The monoisotopic (exact) mass is 237 g/mol. The van der Waals surface area contributed by atoms with Crippen LogP contribution in [-0.4, -0.2) is 25.9 Å². The van der Waals surface area contributed by atoms with Crippen molar-refractivity contribution >= 4 is 0 Å². The van der Waals surface area contributed by atoms with Gasteiger partial charge in [0.05, 0.1) is 19.3 Å². The molecule has 2 atom stereocenters. The standard InChI is InChI=1S/C13H19NO3/c1-2-15-12-6-4-3-5-11(12)13-16-9-10(17-13)7-8-14/h3-6,10,13H,2,7-9,14H2,1H3. The van der Waals surface area contributed by atoms with Crippen LogP contribution in [0.3, 0.4) is 0 Å². The largest absolute Gasteiger partial charge is 0.493 e. The lowest BCUT2D eigenvalue weighted by atomic mass is 10.2. The van der Waals surface area contributed by atoms with Gasteiger partial charge in [-0.2, -0.15) is 0 Å². The van der Waals surface area contributed by atoms with E-state index in [0.29, 0.717) is 19.8 Å². The molecule has 2 N–H and O–H groups in total. The highest BCUT2D eigenvalue weighted by molar-refractivity contribution is 5.34. The van der Waals surface area contributed by atoms with Crippen molar-refractivity contribution in [3.63, 3.8) is 0 Å². The third kappa shape index (κ3) is 2.97. The zero-order valence-corrected chi connectivity index (χ0v) is 10.1. The first-order valence-corrected chi connectivity index (χ1v) is 6.04. The van der Waals surface area contributed by atoms with Gasteiger partial charge in [0.1, 0.15) is 5.75 Å². The molecule has 0 spiro atoms. The SMILES string of the molecule is CCOc1ccccc1C1OCC(CCN)O1. The fourth-order valence-electron chi connectivity index (χ4n) is 1.91. The van der Waals surface area contributed by atoms with E-state index < -0.39 is 0 Å². The Morgan fingerprint density at radius 3 is 3.00 bits per heavy atom. The lowest BCUT2D eigenvalue weighted by Gasteiger charge is -2.15. The summed E-state index contributed by atoms with van der Waals surface area (Å²) < 4.78 is 17.0. The van der Waals surface area contributed by atoms with E-state index in [4.69, 9.17) is 19.9 Å². The number of nitrogens with two attached hydrogens (primary N) is 1. The quantitative estimate of drug-likeness (QED) is 0.849. The van der Waals surface area contributed by atoms with Crippen LogP contribution in [0.1, 0.15) is 25.2 Å². The predicted octanol–water partition coefficient (Wildman–Crippen LogP) is 1.85. The van der Waals surface area contributed by atoms with E-state index in [0.717, 1.165) is 17.7 Å². The minimum Gasteiger partial charge on any atom is -0.493 e. The highest BCUT2D eigenvalue weighted by atomic mass is 16.7. The first kappa shape index (κ1) is 12.4. The fraction of sp³-hybridized carbons (Fsp3) is 0.538. The molecule has 1 saturated heterocycles. The average Bonchev–Trinajstić information content (AvgIpc) is 2.79. The van der Waals surface area contributed by atoms with Gasteiger partial charge in [-0.3, -0.25) is 0 Å². The summed E-state index contributed by atoms with van der Waals surface area (Å²) in [6.45, 7) is 3.82. The second-order valence-corrected chi connectivity index (χ2v) is 3.97. The van der Waals surface area contributed by atoms with Crippen LogP contribution in [-0.2, 0) is 9.47 Å². The van der Waals surface area contributed by atoms with Crippen LogP contribution in [0.4, 0.5) is 0 Å². The summed E-state index contributed by atoms with van der Waals surface area (Å²) in [6, 6.07) is 7.81. The highest BCUT2D eigenvalue weighted by Gasteiger charge is 2.28. The maximum Gasteiger partial charge on any atom is 0.187 e. The third-order valence-electron chi connectivity index (χ3n) is 2.71. The maximum absolute atomic E-state index is 5.79. The number of benzene rings is 1. The molecular weight excluding hydrogens is 218 g/mol. The molecule has 17 heavy (non-hydrogen) atoms. The summed E-state index contributed by atoms with van der Waals surface area (Å²) in [7, 11) is 0. The molecule has 4 heteroatoms. The second kappa shape index (κ2) is 6.00. The van der Waals surface area contributed by atoms with Crippen LogP contribution in [0, 0.1) is 0 Å². The van der Waals surface area contributed by atoms with Gasteiger partial charge >= 0.3 is 0 Å². The van der Waals surface area contributed by atoms with Gasteiger partial charge in [0.2, 0.25) is 0 Å². The van der Waals surface area contributed by atoms with E-state index in [1.807, 2.05) is 31.2 Å². The maximum atomic E-state index is 5.79. The van der Waals surface area contributed by atoms with Crippen LogP contribution >= 0.6 is 0 Å². The molecule has 4 nitrogen and oxygen atoms in total. The van der Waals surface area contributed by atoms with E-state index in [1.54, 1.807) is 0 Å². The number of hydrogen-bond donors (Lipinski definition) is 1. The fourth-order valence-corrected chi connectivity index (χ4v) is 1.91. The molecule has 0 radical (unpaired) electrons. The molecule has 0 amide bonds. The molecule has 0 saturated carbocycles. The smallest absolute Gasteiger partial charge is 0.187 e. The number of ether oxygens (including phenoxy) is 3. The van der Waals surface area contributed by atoms with Crippen molar-refractivity contribution in [2.75, 3.05) is 19.8 Å². The van der Waals surface area contributed by atoms with Gasteiger partial charge in [-0.1, -0.05) is 18.2 Å². The highest BCUT2D eigenvalue weighted by Crippen LogP contribution is 2.33. The van der Waals surface area contributed by atoms with Gasteiger partial charge in [-0.25, -0.2) is 0 Å². The summed E-state index contributed by atoms with van der Waals surface area (Å²) >= 11 is 0. The van der Waals surface area contributed by atoms with E-state index in [9.17, 15) is 0 Å². The Kier molecular flexibility index (Phi) is 4.36. The Bertz CT molecular complexity index is 356. The Morgan fingerprint density at radius 2 is 2.24 bits per heavy atom. The first-order chi connectivity index (χ1) is 8.35. The van der Waals surface area contributed by atoms with Crippen molar-refractivity contribution in [1.82, 2.24) is 0 Å². The summed E-state index contributed by atoms with van der Waals surface area (Å²) in [5, 5.41) is 0. The minimum absolute atomic E-state index is 0.0969. The van der Waals surface area contributed by atoms with Crippen molar-refractivity contribution in [2.24, 2.45) is 5.73 Å². The topological polar surface area (TPSA) is 53.7 Å². The normalized spacial score (nSPS) is 23.9. The van der Waals surface area contributed by atoms with Crippen molar-refractivity contribution in [3.8, 4) is 5.75 Å². The minimum atomic E-state index is -0.325. The second-order valence-electron chi connectivity index (χ2n) is 3.97. The van der Waals surface area contributed by atoms with Crippen LogP contribution in [0.2, 0.25) is 0 Å². The molecule has 1 fully saturated rings. The van der Waals surface area contributed by atoms with Gasteiger partial charge in [0.25, 0.3) is 0 Å². The van der Waals surface area contributed by atoms with Crippen molar-refractivity contribution < 1.29 is 14.2 Å². The summed E-state index contributed by atoms with van der Waals surface area (Å²) in [5.74, 6) is 0.827. The van der Waals surface area contributed by atoms with E-state index in [1.165, 1.54) is 0 Å². The third-order valence-corrected chi connectivity index (χ3v) is 2.71. The summed E-state index contributed by atoms with van der Waals surface area (Å²) in [5.41, 5.74) is 6.46. The van der Waals surface area contributed by atoms with Crippen LogP contribution in [0.15, 0.2) is 24.3 Å². The van der Waals surface area contributed by atoms with Gasteiger partial charge in [-0.05, 0) is 26.0 Å². The lowest BCUT2D eigenvalue weighted by molar-refractivity contribution is -0.0621. The molecule has 1 aliphatic heterocycles. The van der Waals surface area contributed by atoms with Gasteiger partial charge in [0.15, 0.2) is 6.29 Å². The van der Waals surface area contributed by atoms with Gasteiger partial charge < -0.3 is 19.9 Å². The Hall–Kier alpha value is -1.10. The molecular formula is C13H19NO3. The Balaban J connectivity index is 2.07. The molecule has 1 heterocycles. The predicted molar refractivity (Wildman–Crippen MR) is 64.8 cm³/mol. The van der Waals surface area contributed by atoms with Crippen LogP contribution in [0.25, 0.3) is 0 Å². The number of para-hydroxylation sites is 1. The Morgan fingerprint density at radius 1 is 1.41 bits per heavy atom. The summed E-state index contributed by atoms with van der Waals surface area (Å²) in [4.78, 5) is 0. The van der Waals surface area contributed by atoms with Crippen molar-refractivity contribution in [1.29, 1.82) is 0 Å². The molecule has 1 aliphatic rings. The van der Waals surface area contributed by atoms with Gasteiger partial charge in [0, 0.05) is 5.56 Å². The van der Waals surface area contributed by atoms with E-state index >= 15 is 0 Å². The molecule has 2 unspecified atom stereocenters. The lowest BCUT2D eigenvalue weighted by Crippen LogP contribution is -2.15. The summed E-state index contributed by atoms with van der Waals surface area (Å²) in [6.07, 6.45) is 0.599. The average molecular weight is 237 g/mol. The Labute approximate surface area is 102 Å². The van der Waals surface area contributed by atoms with Crippen LogP contribution < -0.4 is 10.5 Å². The molecule has 1 aromatic rings. The molecule has 94 valence electrons. The zero-order valence-electron chi connectivity index (χ0n) is 10.1. The van der Waals surface area contributed by atoms with E-state index in [2.05, 4.69) is 0 Å². The molecule has 0 bridgehead atoms. The van der Waals surface area contributed by atoms with Crippen molar-refractivity contribution in [3.05, 3.63) is 29.8 Å². The van der Waals surface area contributed by atoms with Crippen LogP contribution in [0.5, 0.6) is 5.75 Å².